The van der Waals surface area contributed by atoms with Crippen LogP contribution in [0.25, 0.3) is 0 Å². The Hall–Kier alpha value is -0.455. The number of hydrogen-bond donors (Lipinski definition) is 0. The van der Waals surface area contributed by atoms with E-state index in [1.165, 1.54) is 24.7 Å². The lowest BCUT2D eigenvalue weighted by molar-refractivity contribution is 0.877. The van der Waals surface area contributed by atoms with Gasteiger partial charge < -0.3 is 0 Å². The highest BCUT2D eigenvalue weighted by atomic mass is 14.1. The van der Waals surface area contributed by atoms with Crippen molar-refractivity contribution in [3.63, 3.8) is 0 Å². The van der Waals surface area contributed by atoms with Crippen molar-refractivity contribution in [3.05, 3.63) is 23.1 Å². The summed E-state index contributed by atoms with van der Waals surface area (Å²) >= 11 is 0. The van der Waals surface area contributed by atoms with Crippen LogP contribution in [0.2, 0.25) is 0 Å². The molecule has 0 aromatic carbocycles. The van der Waals surface area contributed by atoms with Crippen molar-refractivity contribution >= 4 is 7.28 Å². The van der Waals surface area contributed by atoms with Crippen molar-refractivity contribution in [2.75, 3.05) is 0 Å². The molecule has 0 radical (unpaired) electrons. The molecule has 0 unspecified atom stereocenters. The van der Waals surface area contributed by atoms with Gasteiger partial charge in [0, 0.05) is 0 Å². The summed E-state index contributed by atoms with van der Waals surface area (Å²) in [5, 5.41) is 0. The molecule has 1 heterocycles. The fourth-order valence-electron chi connectivity index (χ4n) is 1.62. The molecule has 0 saturated carbocycles. The average Bonchev–Trinajstić information content (AvgIpc) is 2.13. The van der Waals surface area contributed by atoms with Crippen LogP contribution in [0.4, 0.5) is 0 Å². The summed E-state index contributed by atoms with van der Waals surface area (Å²) in [5.74, 6) is 0. The van der Waals surface area contributed by atoms with Crippen molar-refractivity contribution in [2.24, 2.45) is 0 Å². The van der Waals surface area contributed by atoms with E-state index < -0.39 is 0 Å². The van der Waals surface area contributed by atoms with E-state index in [2.05, 4.69) is 20.4 Å². The zero-order valence-corrected chi connectivity index (χ0v) is 7.04. The molecule has 0 saturated heterocycles. The normalized spacial score (nSPS) is 18.0. The zero-order valence-electron chi connectivity index (χ0n) is 7.04. The van der Waals surface area contributed by atoms with Crippen LogP contribution in [0.15, 0.2) is 23.1 Å². The second-order valence-electron chi connectivity index (χ2n) is 3.24. The summed E-state index contributed by atoms with van der Waals surface area (Å²) in [6.07, 6.45) is 3.74. The molecule has 0 atom stereocenters. The summed E-state index contributed by atoms with van der Waals surface area (Å²) in [7, 11) is 1.16. The van der Waals surface area contributed by atoms with Crippen molar-refractivity contribution in [1.82, 2.24) is 0 Å². The van der Waals surface area contributed by atoms with Crippen LogP contribution < -0.4 is 0 Å². The molecule has 54 valence electrons. The Labute approximate surface area is 64.3 Å². The van der Waals surface area contributed by atoms with Gasteiger partial charge in [-0.15, -0.1) is 17.5 Å². The van der Waals surface area contributed by atoms with E-state index in [1.807, 2.05) is 0 Å². The highest BCUT2D eigenvalue weighted by Gasteiger charge is 2.13. The van der Waals surface area contributed by atoms with Gasteiger partial charge in [-0.3, -0.25) is 0 Å². The average molecular weight is 134 g/mol. The maximum atomic E-state index is 4.00. The molecule has 0 amide bonds. The SMILES string of the molecule is C=C1BC(C)=C(CCC)C1. The quantitative estimate of drug-likeness (QED) is 0.508. The Morgan fingerprint density at radius 3 is 2.70 bits per heavy atom. The van der Waals surface area contributed by atoms with E-state index >= 15 is 0 Å². The van der Waals surface area contributed by atoms with E-state index in [4.69, 9.17) is 0 Å². The summed E-state index contributed by atoms with van der Waals surface area (Å²) in [4.78, 5) is 0. The molecule has 0 spiro atoms. The molecule has 0 aromatic rings. The van der Waals surface area contributed by atoms with Gasteiger partial charge in [0.15, 0.2) is 7.28 Å². The summed E-state index contributed by atoms with van der Waals surface area (Å²) < 4.78 is 0. The van der Waals surface area contributed by atoms with Crippen molar-refractivity contribution in [3.8, 4) is 0 Å². The Morgan fingerprint density at radius 2 is 2.30 bits per heavy atom. The highest BCUT2D eigenvalue weighted by molar-refractivity contribution is 6.55. The lowest BCUT2D eigenvalue weighted by Gasteiger charge is -1.99. The van der Waals surface area contributed by atoms with Gasteiger partial charge in [0.25, 0.3) is 0 Å². The van der Waals surface area contributed by atoms with Gasteiger partial charge in [-0.05, 0) is 12.8 Å². The van der Waals surface area contributed by atoms with Gasteiger partial charge in [0.05, 0.1) is 0 Å². The van der Waals surface area contributed by atoms with Crippen LogP contribution >= 0.6 is 0 Å². The molecule has 1 aliphatic heterocycles. The predicted molar refractivity (Wildman–Crippen MR) is 48.5 cm³/mol. The smallest absolute Gasteiger partial charge is 0.108 e. The van der Waals surface area contributed by atoms with Crippen LogP contribution in [0.3, 0.4) is 0 Å². The number of hydrogen-bond acceptors (Lipinski definition) is 0. The van der Waals surface area contributed by atoms with E-state index in [9.17, 15) is 0 Å². The zero-order chi connectivity index (χ0) is 7.56. The highest BCUT2D eigenvalue weighted by Crippen LogP contribution is 2.25. The Balaban J connectivity index is 2.57. The van der Waals surface area contributed by atoms with Gasteiger partial charge in [0.2, 0.25) is 0 Å². The van der Waals surface area contributed by atoms with Crippen LogP contribution in [-0.4, -0.2) is 7.28 Å². The predicted octanol–water partition coefficient (Wildman–Crippen LogP) is 2.41. The van der Waals surface area contributed by atoms with Crippen molar-refractivity contribution in [1.29, 1.82) is 0 Å². The van der Waals surface area contributed by atoms with E-state index in [-0.39, 0.29) is 0 Å². The van der Waals surface area contributed by atoms with E-state index in [0.29, 0.717) is 0 Å². The minimum absolute atomic E-state index is 1.16. The standard InChI is InChI=1S/C9H15B/c1-4-5-9-6-7(2)10-8(9)3/h10H,2,4-6H2,1,3H3. The summed E-state index contributed by atoms with van der Waals surface area (Å²) in [5.41, 5.74) is 4.63. The molecular formula is C9H15B. The fraction of sp³-hybridized carbons (Fsp3) is 0.556. The molecule has 1 rings (SSSR count). The first-order valence-corrected chi connectivity index (χ1v) is 4.08. The van der Waals surface area contributed by atoms with Gasteiger partial charge >= 0.3 is 0 Å². The first kappa shape index (κ1) is 7.65. The van der Waals surface area contributed by atoms with Crippen LogP contribution in [0.1, 0.15) is 33.1 Å². The van der Waals surface area contributed by atoms with Gasteiger partial charge in [0.1, 0.15) is 0 Å². The third kappa shape index (κ3) is 1.53. The van der Waals surface area contributed by atoms with Crippen LogP contribution in [-0.2, 0) is 0 Å². The Bertz CT molecular complexity index is 177. The summed E-state index contributed by atoms with van der Waals surface area (Å²) in [6, 6.07) is 0. The first-order valence-electron chi connectivity index (χ1n) is 4.08. The van der Waals surface area contributed by atoms with Crippen molar-refractivity contribution < 1.29 is 0 Å². The van der Waals surface area contributed by atoms with Gasteiger partial charge in [-0.2, -0.15) is 0 Å². The van der Waals surface area contributed by atoms with Gasteiger partial charge in [-0.25, -0.2) is 0 Å². The molecule has 0 aromatic heterocycles. The number of rotatable bonds is 2. The van der Waals surface area contributed by atoms with E-state index in [1.54, 1.807) is 11.0 Å². The van der Waals surface area contributed by atoms with Gasteiger partial charge in [-0.1, -0.05) is 25.8 Å². The molecule has 1 heteroatoms. The lowest BCUT2D eigenvalue weighted by Crippen LogP contribution is -1.86. The molecule has 0 fully saturated rings. The maximum absolute atomic E-state index is 4.00. The summed E-state index contributed by atoms with van der Waals surface area (Å²) in [6.45, 7) is 8.47. The van der Waals surface area contributed by atoms with Crippen molar-refractivity contribution in [2.45, 2.75) is 33.1 Å². The second kappa shape index (κ2) is 3.09. The molecule has 1 aliphatic rings. The molecule has 0 bridgehead atoms. The Morgan fingerprint density at radius 1 is 1.60 bits per heavy atom. The van der Waals surface area contributed by atoms with Crippen LogP contribution in [0.5, 0.6) is 0 Å². The lowest BCUT2D eigenvalue weighted by atomic mass is 9.68. The maximum Gasteiger partial charge on any atom is 0.181 e. The van der Waals surface area contributed by atoms with E-state index in [0.717, 1.165) is 7.28 Å². The molecule has 0 aliphatic carbocycles. The number of allylic oxidation sites excluding steroid dienone is 3. The molecule has 0 N–H and O–H groups in total. The largest absolute Gasteiger partial charge is 0.181 e. The van der Waals surface area contributed by atoms with Crippen LogP contribution in [0, 0.1) is 0 Å². The monoisotopic (exact) mass is 134 g/mol. The minimum atomic E-state index is 1.16. The Kier molecular flexibility index (Phi) is 2.36. The second-order valence-corrected chi connectivity index (χ2v) is 3.24. The first-order chi connectivity index (χ1) is 4.74. The fourth-order valence-corrected chi connectivity index (χ4v) is 1.62. The molecule has 0 nitrogen and oxygen atoms in total. The molecular weight excluding hydrogens is 119 g/mol. The third-order valence-electron chi connectivity index (χ3n) is 2.13. The minimum Gasteiger partial charge on any atom is -0.108 e. The third-order valence-corrected chi connectivity index (χ3v) is 2.13. The topological polar surface area (TPSA) is 0 Å². The molecule has 10 heavy (non-hydrogen) atoms.